The largest absolute Gasteiger partial charge is 0.389 e. The summed E-state index contributed by atoms with van der Waals surface area (Å²) in [5.74, 6) is 5.09. The Labute approximate surface area is 76.0 Å². The molecule has 5 heteroatoms. The van der Waals surface area contributed by atoms with Crippen LogP contribution in [0.2, 0.25) is 0 Å². The Morgan fingerprint density at radius 2 is 2.08 bits per heavy atom. The summed E-state index contributed by atoms with van der Waals surface area (Å²) in [4.78, 5) is 0. The predicted molar refractivity (Wildman–Crippen MR) is 45.8 cm³/mol. The minimum Gasteiger partial charge on any atom is -0.271 e. The van der Waals surface area contributed by atoms with Gasteiger partial charge in [-0.3, -0.25) is 11.3 Å². The maximum Gasteiger partial charge on any atom is 0.389 e. The zero-order chi connectivity index (χ0) is 10.5. The first kappa shape index (κ1) is 12.4. The van der Waals surface area contributed by atoms with Gasteiger partial charge in [0.05, 0.1) is 0 Å². The zero-order valence-corrected chi connectivity index (χ0v) is 7.62. The van der Waals surface area contributed by atoms with Crippen molar-refractivity contribution >= 4 is 0 Å². The lowest BCUT2D eigenvalue weighted by molar-refractivity contribution is -0.136. The Hall–Kier alpha value is -0.550. The van der Waals surface area contributed by atoms with Gasteiger partial charge in [-0.25, -0.2) is 0 Å². The maximum absolute atomic E-state index is 11.8. The van der Waals surface area contributed by atoms with Crippen LogP contribution in [0.4, 0.5) is 13.2 Å². The fourth-order valence-corrected chi connectivity index (χ4v) is 1.00. The van der Waals surface area contributed by atoms with Gasteiger partial charge in [0.15, 0.2) is 0 Å². The van der Waals surface area contributed by atoms with Gasteiger partial charge in [0.1, 0.15) is 0 Å². The van der Waals surface area contributed by atoms with Gasteiger partial charge < -0.3 is 0 Å². The summed E-state index contributed by atoms with van der Waals surface area (Å²) in [6, 6.07) is -0.334. The Morgan fingerprint density at radius 3 is 2.38 bits per heavy atom. The van der Waals surface area contributed by atoms with Gasteiger partial charge >= 0.3 is 6.18 Å². The molecule has 0 saturated carbocycles. The topological polar surface area (TPSA) is 38.0 Å². The van der Waals surface area contributed by atoms with E-state index in [1.807, 2.05) is 0 Å². The highest BCUT2D eigenvalue weighted by Crippen LogP contribution is 2.23. The molecule has 0 aromatic rings. The van der Waals surface area contributed by atoms with Crippen LogP contribution in [0.3, 0.4) is 0 Å². The number of nitrogens with one attached hydrogen (secondary N) is 1. The first-order valence-electron chi connectivity index (χ1n) is 4.02. The molecule has 1 unspecified atom stereocenters. The second kappa shape index (κ2) is 5.24. The fraction of sp³-hybridized carbons (Fsp3) is 0.750. The Balaban J connectivity index is 3.79. The van der Waals surface area contributed by atoms with Gasteiger partial charge in [-0.2, -0.15) is 13.2 Å². The van der Waals surface area contributed by atoms with Crippen molar-refractivity contribution in [2.45, 2.75) is 38.4 Å². The second-order valence-electron chi connectivity index (χ2n) is 3.18. The van der Waals surface area contributed by atoms with Crippen LogP contribution in [-0.4, -0.2) is 12.2 Å². The van der Waals surface area contributed by atoms with Crippen molar-refractivity contribution in [2.24, 2.45) is 5.84 Å². The van der Waals surface area contributed by atoms with Crippen molar-refractivity contribution in [3.05, 3.63) is 12.2 Å². The summed E-state index contributed by atoms with van der Waals surface area (Å²) in [5, 5.41) is 0. The van der Waals surface area contributed by atoms with E-state index < -0.39 is 12.6 Å². The van der Waals surface area contributed by atoms with Crippen molar-refractivity contribution < 1.29 is 13.2 Å². The van der Waals surface area contributed by atoms with E-state index in [2.05, 4.69) is 12.0 Å². The lowest BCUT2D eigenvalue weighted by Gasteiger charge is -2.16. The number of rotatable bonds is 5. The van der Waals surface area contributed by atoms with Crippen molar-refractivity contribution in [3.63, 3.8) is 0 Å². The highest BCUT2D eigenvalue weighted by molar-refractivity contribution is 4.92. The molecule has 0 heterocycles. The third kappa shape index (κ3) is 7.80. The van der Waals surface area contributed by atoms with Gasteiger partial charge in [-0.1, -0.05) is 5.57 Å². The van der Waals surface area contributed by atoms with Gasteiger partial charge in [0.25, 0.3) is 0 Å². The van der Waals surface area contributed by atoms with E-state index in [1.165, 1.54) is 0 Å². The molecular formula is C8H15F3N2. The monoisotopic (exact) mass is 196 g/mol. The molecule has 0 radical (unpaired) electrons. The van der Waals surface area contributed by atoms with Crippen molar-refractivity contribution in [1.82, 2.24) is 5.43 Å². The summed E-state index contributed by atoms with van der Waals surface area (Å²) in [6.07, 6.45) is -4.45. The molecule has 2 nitrogen and oxygen atoms in total. The first-order valence-corrected chi connectivity index (χ1v) is 4.02. The SMILES string of the molecule is C=C(C)CC(CCC(F)(F)F)NN. The highest BCUT2D eigenvalue weighted by atomic mass is 19.4. The number of hydrogen-bond acceptors (Lipinski definition) is 2. The molecule has 78 valence electrons. The van der Waals surface area contributed by atoms with Crippen LogP contribution in [0.25, 0.3) is 0 Å². The van der Waals surface area contributed by atoms with Crippen LogP contribution in [0.1, 0.15) is 26.2 Å². The molecule has 0 aromatic carbocycles. The van der Waals surface area contributed by atoms with Crippen LogP contribution in [0.5, 0.6) is 0 Å². The van der Waals surface area contributed by atoms with E-state index in [4.69, 9.17) is 5.84 Å². The smallest absolute Gasteiger partial charge is 0.271 e. The van der Waals surface area contributed by atoms with Crippen LogP contribution >= 0.6 is 0 Å². The Bertz CT molecular complexity index is 165. The first-order chi connectivity index (χ1) is 5.85. The standard InChI is InChI=1S/C8H15F3N2/c1-6(2)5-7(13-12)3-4-8(9,10)11/h7,13H,1,3-5,12H2,2H3. The molecule has 0 amide bonds. The predicted octanol–water partition coefficient (Wildman–Crippen LogP) is 2.13. The van der Waals surface area contributed by atoms with Crippen molar-refractivity contribution in [1.29, 1.82) is 0 Å². The van der Waals surface area contributed by atoms with Gasteiger partial charge in [-0.15, -0.1) is 6.58 Å². The average Bonchev–Trinajstić information content (AvgIpc) is 1.95. The van der Waals surface area contributed by atoms with Gasteiger partial charge in [0.2, 0.25) is 0 Å². The number of hydrazine groups is 1. The van der Waals surface area contributed by atoms with E-state index >= 15 is 0 Å². The fourth-order valence-electron chi connectivity index (χ4n) is 1.00. The minimum atomic E-state index is -4.11. The summed E-state index contributed by atoms with van der Waals surface area (Å²) in [7, 11) is 0. The van der Waals surface area contributed by atoms with E-state index in [0.717, 1.165) is 5.57 Å². The molecule has 3 N–H and O–H groups in total. The quantitative estimate of drug-likeness (QED) is 0.401. The Morgan fingerprint density at radius 1 is 1.54 bits per heavy atom. The molecule has 0 aromatic heterocycles. The highest BCUT2D eigenvalue weighted by Gasteiger charge is 2.27. The molecule has 0 saturated heterocycles. The van der Waals surface area contributed by atoms with E-state index in [1.54, 1.807) is 6.92 Å². The van der Waals surface area contributed by atoms with E-state index in [-0.39, 0.29) is 12.5 Å². The third-order valence-electron chi connectivity index (χ3n) is 1.61. The average molecular weight is 196 g/mol. The molecule has 0 aliphatic rings. The summed E-state index contributed by atoms with van der Waals surface area (Å²) >= 11 is 0. The molecule has 0 aliphatic heterocycles. The van der Waals surface area contributed by atoms with Crippen molar-refractivity contribution in [3.8, 4) is 0 Å². The van der Waals surface area contributed by atoms with Crippen molar-refractivity contribution in [2.75, 3.05) is 0 Å². The molecule has 0 spiro atoms. The van der Waals surface area contributed by atoms with Crippen LogP contribution in [-0.2, 0) is 0 Å². The normalized spacial score (nSPS) is 14.2. The lowest BCUT2D eigenvalue weighted by Crippen LogP contribution is -2.36. The van der Waals surface area contributed by atoms with Gasteiger partial charge in [-0.05, 0) is 19.8 Å². The molecule has 13 heavy (non-hydrogen) atoms. The summed E-state index contributed by atoms with van der Waals surface area (Å²) in [6.45, 7) is 5.37. The summed E-state index contributed by atoms with van der Waals surface area (Å²) < 4.78 is 35.4. The van der Waals surface area contributed by atoms with Crippen LogP contribution in [0.15, 0.2) is 12.2 Å². The molecule has 0 rings (SSSR count). The Kier molecular flexibility index (Phi) is 5.02. The number of halogens is 3. The van der Waals surface area contributed by atoms with Gasteiger partial charge in [0, 0.05) is 12.5 Å². The summed E-state index contributed by atoms with van der Waals surface area (Å²) in [5.41, 5.74) is 3.17. The van der Waals surface area contributed by atoms with Crippen LogP contribution in [0, 0.1) is 0 Å². The molecule has 0 aliphatic carbocycles. The molecule has 0 bridgehead atoms. The molecule has 0 fully saturated rings. The number of alkyl halides is 3. The van der Waals surface area contributed by atoms with Crippen LogP contribution < -0.4 is 11.3 Å². The maximum atomic E-state index is 11.8. The van der Waals surface area contributed by atoms with E-state index in [9.17, 15) is 13.2 Å². The second-order valence-corrected chi connectivity index (χ2v) is 3.18. The lowest BCUT2D eigenvalue weighted by atomic mass is 10.0. The van der Waals surface area contributed by atoms with E-state index in [0.29, 0.717) is 6.42 Å². The third-order valence-corrected chi connectivity index (χ3v) is 1.61. The minimum absolute atomic E-state index is 0.00708. The zero-order valence-electron chi connectivity index (χ0n) is 7.62. The number of nitrogens with two attached hydrogens (primary N) is 1. The molecular weight excluding hydrogens is 181 g/mol. The molecule has 1 atom stereocenters. The number of hydrogen-bond donors (Lipinski definition) is 2.